The normalized spacial score (nSPS) is 19.5. The van der Waals surface area contributed by atoms with Gasteiger partial charge in [-0.25, -0.2) is 0 Å². The van der Waals surface area contributed by atoms with E-state index in [-0.39, 0.29) is 17.2 Å². The van der Waals surface area contributed by atoms with Crippen molar-refractivity contribution in [1.82, 2.24) is 9.78 Å². The van der Waals surface area contributed by atoms with E-state index < -0.39 is 11.7 Å². The zero-order valence-electron chi connectivity index (χ0n) is 14.0. The number of benzene rings is 1. The molecule has 2 heterocycles. The molecule has 1 fully saturated rings. The number of nitrogens with zero attached hydrogens (tertiary/aromatic N) is 2. The lowest BCUT2D eigenvalue weighted by Gasteiger charge is -2.22. The molecule has 0 N–H and O–H groups in total. The number of rotatable bonds is 2. The summed E-state index contributed by atoms with van der Waals surface area (Å²) in [4.78, 5) is 0. The first-order chi connectivity index (χ1) is 12.5. The number of halogens is 3. The summed E-state index contributed by atoms with van der Waals surface area (Å²) in [5.74, 6) is 2.32. The first kappa shape index (κ1) is 17.1. The third kappa shape index (κ3) is 3.11. The second-order valence-electron chi connectivity index (χ2n) is 6.49. The van der Waals surface area contributed by atoms with Crippen molar-refractivity contribution in [3.63, 3.8) is 0 Å². The number of terminal acetylenes is 1. The third-order valence-corrected chi connectivity index (χ3v) is 4.71. The Balaban J connectivity index is 1.75. The van der Waals surface area contributed by atoms with E-state index in [2.05, 4.69) is 11.0 Å². The average molecular weight is 362 g/mol. The SMILES string of the molecule is C#Cc1cc2c(c(C(F)(F)F)c1)-c1nn(C[C@H]3COCCO3)cc1CC2. The van der Waals surface area contributed by atoms with E-state index in [1.54, 1.807) is 10.7 Å². The number of hydrogen-bond donors (Lipinski definition) is 0. The van der Waals surface area contributed by atoms with Crippen molar-refractivity contribution in [2.24, 2.45) is 0 Å². The first-order valence-electron chi connectivity index (χ1n) is 8.42. The largest absolute Gasteiger partial charge is 0.417 e. The Labute approximate surface area is 148 Å². The molecule has 26 heavy (non-hydrogen) atoms. The zero-order chi connectivity index (χ0) is 18.3. The van der Waals surface area contributed by atoms with Crippen LogP contribution in [0.15, 0.2) is 18.3 Å². The van der Waals surface area contributed by atoms with Crippen LogP contribution in [-0.2, 0) is 35.0 Å². The maximum absolute atomic E-state index is 13.6. The van der Waals surface area contributed by atoms with Crippen LogP contribution in [0, 0.1) is 12.3 Å². The number of ether oxygens (including phenoxy) is 2. The third-order valence-electron chi connectivity index (χ3n) is 4.71. The smallest absolute Gasteiger partial charge is 0.376 e. The van der Waals surface area contributed by atoms with Gasteiger partial charge in [-0.1, -0.05) is 5.92 Å². The van der Waals surface area contributed by atoms with E-state index in [9.17, 15) is 13.2 Å². The van der Waals surface area contributed by atoms with E-state index in [0.717, 1.165) is 11.6 Å². The van der Waals surface area contributed by atoms with E-state index in [0.29, 0.717) is 50.5 Å². The Morgan fingerprint density at radius 1 is 1.23 bits per heavy atom. The Morgan fingerprint density at radius 2 is 2.04 bits per heavy atom. The van der Waals surface area contributed by atoms with E-state index in [1.807, 2.05) is 6.20 Å². The van der Waals surface area contributed by atoms with E-state index in [1.165, 1.54) is 0 Å². The number of aromatic nitrogens is 2. The monoisotopic (exact) mass is 362 g/mol. The molecule has 0 spiro atoms. The molecule has 1 aliphatic carbocycles. The minimum atomic E-state index is -4.49. The van der Waals surface area contributed by atoms with Gasteiger partial charge in [-0.3, -0.25) is 4.68 Å². The number of fused-ring (bicyclic) bond motifs is 3. The maximum atomic E-state index is 13.6. The van der Waals surface area contributed by atoms with E-state index in [4.69, 9.17) is 15.9 Å². The fourth-order valence-electron chi connectivity index (χ4n) is 3.56. The van der Waals surface area contributed by atoms with Crippen LogP contribution in [0.4, 0.5) is 13.2 Å². The Morgan fingerprint density at radius 3 is 2.73 bits per heavy atom. The summed E-state index contributed by atoms with van der Waals surface area (Å²) in [6.45, 7) is 1.99. The van der Waals surface area contributed by atoms with Crippen LogP contribution in [0.2, 0.25) is 0 Å². The van der Waals surface area contributed by atoms with Gasteiger partial charge in [0.1, 0.15) is 6.10 Å². The van der Waals surface area contributed by atoms with Crippen LogP contribution in [0.25, 0.3) is 11.3 Å². The fraction of sp³-hybridized carbons (Fsp3) is 0.421. The molecule has 0 bridgehead atoms. The lowest BCUT2D eigenvalue weighted by atomic mass is 9.85. The zero-order valence-corrected chi connectivity index (χ0v) is 14.0. The molecule has 0 radical (unpaired) electrons. The van der Waals surface area contributed by atoms with E-state index >= 15 is 0 Å². The average Bonchev–Trinajstić information content (AvgIpc) is 3.03. The second kappa shape index (κ2) is 6.45. The van der Waals surface area contributed by atoms with Crippen molar-refractivity contribution in [2.45, 2.75) is 31.7 Å². The molecule has 136 valence electrons. The molecule has 0 unspecified atom stereocenters. The molecule has 1 saturated heterocycles. The van der Waals surface area contributed by atoms with Crippen LogP contribution in [0.1, 0.15) is 22.3 Å². The summed E-state index contributed by atoms with van der Waals surface area (Å²) in [6.07, 6.45) is 3.66. The molecule has 0 saturated carbocycles. The minimum Gasteiger partial charge on any atom is -0.376 e. The van der Waals surface area contributed by atoms with Crippen molar-refractivity contribution in [3.8, 4) is 23.6 Å². The standard InChI is InChI=1S/C19H17F3N2O2/c1-2-12-7-13-3-4-14-9-24(10-15-11-25-5-6-26-15)23-18(14)17(13)16(8-12)19(20,21)22/h1,7-9,15H,3-6,10-11H2/t15-/m0/s1. The molecule has 2 aromatic rings. The number of aryl methyl sites for hydroxylation is 2. The van der Waals surface area contributed by atoms with Crippen molar-refractivity contribution < 1.29 is 22.6 Å². The highest BCUT2D eigenvalue weighted by atomic mass is 19.4. The van der Waals surface area contributed by atoms with Gasteiger partial charge in [0.15, 0.2) is 0 Å². The van der Waals surface area contributed by atoms with Gasteiger partial charge < -0.3 is 9.47 Å². The second-order valence-corrected chi connectivity index (χ2v) is 6.49. The Bertz CT molecular complexity index is 874. The quantitative estimate of drug-likeness (QED) is 0.771. The Kier molecular flexibility index (Phi) is 4.25. The molecule has 0 amide bonds. The number of alkyl halides is 3. The highest BCUT2D eigenvalue weighted by Crippen LogP contribution is 2.43. The van der Waals surface area contributed by atoms with Crippen LogP contribution in [-0.4, -0.2) is 35.7 Å². The van der Waals surface area contributed by atoms with Gasteiger partial charge in [0.2, 0.25) is 0 Å². The van der Waals surface area contributed by atoms with Crippen molar-refractivity contribution in [2.75, 3.05) is 19.8 Å². The predicted octanol–water partition coefficient (Wildman–Crippen LogP) is 3.06. The summed E-state index contributed by atoms with van der Waals surface area (Å²) >= 11 is 0. The highest BCUT2D eigenvalue weighted by Gasteiger charge is 2.37. The summed E-state index contributed by atoms with van der Waals surface area (Å²) < 4.78 is 53.5. The minimum absolute atomic E-state index is 0.143. The van der Waals surface area contributed by atoms with Gasteiger partial charge in [-0.05, 0) is 36.1 Å². The summed E-state index contributed by atoms with van der Waals surface area (Å²) in [6, 6.07) is 2.69. The van der Waals surface area contributed by atoms with Crippen LogP contribution in [0.5, 0.6) is 0 Å². The molecule has 4 rings (SSSR count). The lowest BCUT2D eigenvalue weighted by Crippen LogP contribution is -2.32. The highest BCUT2D eigenvalue weighted by molar-refractivity contribution is 5.74. The topological polar surface area (TPSA) is 36.3 Å². The van der Waals surface area contributed by atoms with Gasteiger partial charge in [-0.15, -0.1) is 6.42 Å². The molecule has 2 aliphatic rings. The van der Waals surface area contributed by atoms with Gasteiger partial charge in [0.05, 0.1) is 37.6 Å². The van der Waals surface area contributed by atoms with Crippen molar-refractivity contribution in [1.29, 1.82) is 0 Å². The van der Waals surface area contributed by atoms with Crippen LogP contribution < -0.4 is 0 Å². The van der Waals surface area contributed by atoms with Gasteiger partial charge in [0, 0.05) is 17.3 Å². The fourth-order valence-corrected chi connectivity index (χ4v) is 3.56. The molecular weight excluding hydrogens is 345 g/mol. The van der Waals surface area contributed by atoms with Gasteiger partial charge in [0.25, 0.3) is 0 Å². The van der Waals surface area contributed by atoms with Gasteiger partial charge >= 0.3 is 6.18 Å². The summed E-state index contributed by atoms with van der Waals surface area (Å²) in [5.41, 5.74) is 1.48. The molecule has 7 heteroatoms. The summed E-state index contributed by atoms with van der Waals surface area (Å²) in [5, 5.41) is 4.45. The molecular formula is C19H17F3N2O2. The van der Waals surface area contributed by atoms with Crippen molar-refractivity contribution in [3.05, 3.63) is 40.6 Å². The molecule has 1 aromatic heterocycles. The Hall–Kier alpha value is -2.30. The summed E-state index contributed by atoms with van der Waals surface area (Å²) in [7, 11) is 0. The lowest BCUT2D eigenvalue weighted by molar-refractivity contribution is -0.137. The molecule has 1 aliphatic heterocycles. The van der Waals surface area contributed by atoms with Gasteiger partial charge in [-0.2, -0.15) is 18.3 Å². The van der Waals surface area contributed by atoms with Crippen molar-refractivity contribution >= 4 is 0 Å². The van der Waals surface area contributed by atoms with Crippen LogP contribution >= 0.6 is 0 Å². The maximum Gasteiger partial charge on any atom is 0.417 e. The number of hydrogen-bond acceptors (Lipinski definition) is 3. The van der Waals surface area contributed by atoms with Crippen LogP contribution in [0.3, 0.4) is 0 Å². The molecule has 1 aromatic carbocycles. The molecule has 4 nitrogen and oxygen atoms in total. The predicted molar refractivity (Wildman–Crippen MR) is 88.6 cm³/mol. The first-order valence-corrected chi connectivity index (χ1v) is 8.42. The molecule has 1 atom stereocenters.